The molecule has 0 unspecified atom stereocenters. The van der Waals surface area contributed by atoms with E-state index in [0.717, 1.165) is 6.42 Å². The highest BCUT2D eigenvalue weighted by molar-refractivity contribution is 6.52. The number of carbonyl (C=O) groups excluding carboxylic acids is 1. The van der Waals surface area contributed by atoms with Crippen molar-refractivity contribution in [3.63, 3.8) is 0 Å². The molecule has 2 N–H and O–H groups in total. The van der Waals surface area contributed by atoms with Gasteiger partial charge in [-0.1, -0.05) is 53.5 Å². The molecule has 1 aromatic rings. The molecule has 1 saturated heterocycles. The first kappa shape index (κ1) is 18.7. The van der Waals surface area contributed by atoms with Gasteiger partial charge in [-0.15, -0.1) is 0 Å². The second-order valence-electron chi connectivity index (χ2n) is 5.48. The molecular formula is C15H20Cl2N2O3. The Kier molecular flexibility index (Phi) is 6.66. The van der Waals surface area contributed by atoms with E-state index in [4.69, 9.17) is 28.3 Å². The van der Waals surface area contributed by atoms with Gasteiger partial charge >= 0.3 is 5.97 Å². The molecule has 7 heteroatoms. The third kappa shape index (κ3) is 5.16. The van der Waals surface area contributed by atoms with E-state index in [1.54, 1.807) is 4.90 Å². The zero-order chi connectivity index (χ0) is 16.9. The summed E-state index contributed by atoms with van der Waals surface area (Å²) in [6, 6.07) is 10.0. The molecular weight excluding hydrogens is 327 g/mol. The van der Waals surface area contributed by atoms with Crippen molar-refractivity contribution in [1.29, 1.82) is 0 Å². The molecule has 0 radical (unpaired) electrons. The molecule has 1 atom stereocenters. The minimum absolute atomic E-state index is 0.0950. The number of likely N-dealkylation sites (N-methyl/N-ethyl adjacent to an activating group) is 1. The summed E-state index contributed by atoms with van der Waals surface area (Å²) >= 11 is 9.56. The fourth-order valence-electron chi connectivity index (χ4n) is 2.08. The van der Waals surface area contributed by atoms with Gasteiger partial charge in [0.2, 0.25) is 10.7 Å². The lowest BCUT2D eigenvalue weighted by Crippen LogP contribution is -2.45. The second-order valence-corrected chi connectivity index (χ2v) is 6.58. The van der Waals surface area contributed by atoms with Gasteiger partial charge in [-0.3, -0.25) is 10.1 Å². The number of hydrogen-bond donors (Lipinski definition) is 2. The predicted molar refractivity (Wildman–Crippen MR) is 87.0 cm³/mol. The molecule has 5 nitrogen and oxygen atoms in total. The lowest BCUT2D eigenvalue weighted by atomic mass is 10.1. The van der Waals surface area contributed by atoms with E-state index in [-0.39, 0.29) is 17.6 Å². The smallest absolute Gasteiger partial charge is 0.337 e. The number of nitrogens with zero attached hydrogens (tertiary/aromatic N) is 1. The molecule has 0 bridgehead atoms. The molecule has 0 spiro atoms. The Balaban J connectivity index is 0.000000346. The molecule has 0 aromatic heterocycles. The van der Waals surface area contributed by atoms with E-state index in [1.807, 2.05) is 39.1 Å². The van der Waals surface area contributed by atoms with Crippen molar-refractivity contribution < 1.29 is 14.7 Å². The zero-order valence-electron chi connectivity index (χ0n) is 12.7. The Bertz CT molecular complexity index is 521. The fraction of sp³-hybridized carbons (Fsp3) is 0.467. The molecule has 22 heavy (non-hydrogen) atoms. The lowest BCUT2D eigenvalue weighted by molar-refractivity contribution is -0.135. The Morgan fingerprint density at radius 1 is 1.36 bits per heavy atom. The molecule has 2 rings (SSSR count). The van der Waals surface area contributed by atoms with Crippen LogP contribution in [0.25, 0.3) is 0 Å². The van der Waals surface area contributed by atoms with Crippen molar-refractivity contribution in [3.05, 3.63) is 35.9 Å². The van der Waals surface area contributed by atoms with Gasteiger partial charge in [-0.05, 0) is 25.8 Å². The largest absolute Gasteiger partial charge is 0.479 e. The van der Waals surface area contributed by atoms with Gasteiger partial charge in [0.15, 0.2) is 0 Å². The summed E-state index contributed by atoms with van der Waals surface area (Å²) in [5.74, 6) is -1.04. The highest BCUT2D eigenvalue weighted by Gasteiger charge is 2.41. The molecule has 1 aliphatic rings. The van der Waals surface area contributed by atoms with Crippen LogP contribution in [0.5, 0.6) is 0 Å². The van der Waals surface area contributed by atoms with Crippen LogP contribution in [0.4, 0.5) is 0 Å². The van der Waals surface area contributed by atoms with Crippen molar-refractivity contribution >= 4 is 35.1 Å². The molecule has 1 aliphatic heterocycles. The number of alkyl halides is 2. The third-order valence-electron chi connectivity index (χ3n) is 3.46. The van der Waals surface area contributed by atoms with Crippen LogP contribution >= 0.6 is 23.2 Å². The van der Waals surface area contributed by atoms with Gasteiger partial charge in [-0.25, -0.2) is 4.79 Å². The minimum Gasteiger partial charge on any atom is -0.479 e. The number of benzene rings is 1. The number of halogens is 2. The number of carbonyl (C=O) groups is 2. The SMILES string of the molecule is CN1C(=O)[C@H](Cc2ccccc2)NC1(C)C.O=C(O)C(Cl)Cl. The average Bonchev–Trinajstić information content (AvgIpc) is 2.64. The fourth-order valence-corrected chi connectivity index (χ4v) is 2.08. The van der Waals surface area contributed by atoms with E-state index in [9.17, 15) is 9.59 Å². The van der Waals surface area contributed by atoms with Crippen LogP contribution in [0.1, 0.15) is 19.4 Å². The van der Waals surface area contributed by atoms with Crippen molar-refractivity contribution in [1.82, 2.24) is 10.2 Å². The Hall–Kier alpha value is -1.30. The maximum atomic E-state index is 12.0. The van der Waals surface area contributed by atoms with Crippen molar-refractivity contribution in [2.45, 2.75) is 36.8 Å². The number of hydrogen-bond acceptors (Lipinski definition) is 3. The van der Waals surface area contributed by atoms with Crippen molar-refractivity contribution in [2.75, 3.05) is 7.05 Å². The first-order valence-electron chi connectivity index (χ1n) is 6.75. The standard InChI is InChI=1S/C13H18N2O.C2H2Cl2O2/c1-13(2)14-11(12(16)15(13)3)9-10-7-5-4-6-8-10;3-1(4)2(5)6/h4-8,11,14H,9H2,1-3H3;1H,(H,5,6)/t11-;/m0./s1. The molecule has 1 heterocycles. The second kappa shape index (κ2) is 7.81. The Labute approximate surface area is 140 Å². The van der Waals surface area contributed by atoms with Crippen LogP contribution in [0, 0.1) is 0 Å². The van der Waals surface area contributed by atoms with E-state index >= 15 is 0 Å². The monoisotopic (exact) mass is 346 g/mol. The van der Waals surface area contributed by atoms with Crippen LogP contribution in [0.3, 0.4) is 0 Å². The summed E-state index contributed by atoms with van der Waals surface area (Å²) in [5, 5.41) is 11.1. The molecule has 1 fully saturated rings. The van der Waals surface area contributed by atoms with E-state index in [0.29, 0.717) is 0 Å². The number of nitrogens with one attached hydrogen (secondary N) is 1. The third-order valence-corrected chi connectivity index (χ3v) is 3.84. The van der Waals surface area contributed by atoms with Gasteiger partial charge in [0.1, 0.15) is 0 Å². The van der Waals surface area contributed by atoms with Gasteiger partial charge < -0.3 is 10.0 Å². The van der Waals surface area contributed by atoms with E-state index in [2.05, 4.69) is 17.4 Å². The Morgan fingerprint density at radius 2 is 1.86 bits per heavy atom. The number of amides is 1. The normalized spacial score (nSPS) is 19.8. The summed E-state index contributed by atoms with van der Waals surface area (Å²) in [5.41, 5.74) is 0.954. The number of carboxylic acid groups (broad SMARTS) is 1. The molecule has 122 valence electrons. The minimum atomic E-state index is -1.29. The quantitative estimate of drug-likeness (QED) is 0.823. The number of aliphatic carboxylic acids is 1. The maximum Gasteiger partial charge on any atom is 0.337 e. The van der Waals surface area contributed by atoms with Crippen LogP contribution < -0.4 is 5.32 Å². The molecule has 1 aromatic carbocycles. The average molecular weight is 347 g/mol. The number of carboxylic acids is 1. The highest BCUT2D eigenvalue weighted by atomic mass is 35.5. The van der Waals surface area contributed by atoms with Gasteiger partial charge in [0, 0.05) is 7.05 Å². The predicted octanol–water partition coefficient (Wildman–Crippen LogP) is 2.27. The van der Waals surface area contributed by atoms with Crippen molar-refractivity contribution in [3.8, 4) is 0 Å². The lowest BCUT2D eigenvalue weighted by Gasteiger charge is -2.27. The highest BCUT2D eigenvalue weighted by Crippen LogP contribution is 2.20. The van der Waals surface area contributed by atoms with Crippen LogP contribution in [-0.4, -0.2) is 45.5 Å². The molecule has 0 saturated carbocycles. The number of rotatable bonds is 3. The zero-order valence-corrected chi connectivity index (χ0v) is 14.2. The first-order valence-corrected chi connectivity index (χ1v) is 7.62. The summed E-state index contributed by atoms with van der Waals surface area (Å²) < 4.78 is 0. The van der Waals surface area contributed by atoms with E-state index < -0.39 is 10.8 Å². The Morgan fingerprint density at radius 3 is 2.23 bits per heavy atom. The summed E-state index contributed by atoms with van der Waals surface area (Å²) in [6.07, 6.45) is 0.757. The summed E-state index contributed by atoms with van der Waals surface area (Å²) in [7, 11) is 1.85. The van der Waals surface area contributed by atoms with Gasteiger partial charge in [-0.2, -0.15) is 0 Å². The maximum absolute atomic E-state index is 12.0. The summed E-state index contributed by atoms with van der Waals surface area (Å²) in [4.78, 5) is 21.9. The molecule has 1 amide bonds. The first-order chi connectivity index (χ1) is 10.1. The van der Waals surface area contributed by atoms with E-state index in [1.165, 1.54) is 5.56 Å². The topological polar surface area (TPSA) is 69.6 Å². The van der Waals surface area contributed by atoms with Crippen LogP contribution in [0.2, 0.25) is 0 Å². The van der Waals surface area contributed by atoms with Gasteiger partial charge in [0.25, 0.3) is 0 Å². The van der Waals surface area contributed by atoms with Gasteiger partial charge in [0.05, 0.1) is 11.7 Å². The molecule has 0 aliphatic carbocycles. The van der Waals surface area contributed by atoms with Crippen molar-refractivity contribution in [2.24, 2.45) is 0 Å². The van der Waals surface area contributed by atoms with Crippen LogP contribution in [-0.2, 0) is 16.0 Å². The summed E-state index contributed by atoms with van der Waals surface area (Å²) in [6.45, 7) is 4.05. The van der Waals surface area contributed by atoms with Crippen LogP contribution in [0.15, 0.2) is 30.3 Å².